The number of hydrogen-bond acceptors (Lipinski definition) is 8. The van der Waals surface area contributed by atoms with Gasteiger partial charge in [-0.3, -0.25) is 19.8 Å². The van der Waals surface area contributed by atoms with Crippen LogP contribution in [0.25, 0.3) is 0 Å². The number of nitrogens with one attached hydrogen (secondary N) is 2. The molecular weight excluding hydrogens is 600 g/mol. The smallest absolute Gasteiger partial charge is 0.414 e. The number of carbonyl (C=O) groups excluding carboxylic acids is 4. The highest BCUT2D eigenvalue weighted by molar-refractivity contribution is 6.11. The van der Waals surface area contributed by atoms with Gasteiger partial charge in [0.1, 0.15) is 11.4 Å². The molecule has 0 radical (unpaired) electrons. The van der Waals surface area contributed by atoms with E-state index in [9.17, 15) is 19.2 Å². The lowest BCUT2D eigenvalue weighted by atomic mass is 9.82. The van der Waals surface area contributed by atoms with E-state index in [0.29, 0.717) is 31.4 Å². The minimum atomic E-state index is -1.18. The van der Waals surface area contributed by atoms with Crippen molar-refractivity contribution in [3.05, 3.63) is 65.7 Å². The van der Waals surface area contributed by atoms with E-state index in [1.807, 2.05) is 63.2 Å². The molecule has 0 saturated carbocycles. The zero-order valence-electron chi connectivity index (χ0n) is 28.9. The molecule has 2 N–H and O–H groups in total. The van der Waals surface area contributed by atoms with Crippen LogP contribution in [0.4, 0.5) is 9.59 Å². The van der Waals surface area contributed by atoms with Gasteiger partial charge in [-0.05, 0) is 81.5 Å². The van der Waals surface area contributed by atoms with Gasteiger partial charge in [-0.15, -0.1) is 0 Å². The standard InChI is InChI=1S/C36H50N4O7/c1-24(2)23-36(27-14-10-9-11-15-27)31(42)40(32(39-36)38-34(44)47-35(4,5)6)20-12-13-25(3)21-30(41)29(37-33(43)46-8)22-26-16-18-28(45-7)19-17-26/h9-11,14-19,24-25,29H,12-13,20-23H2,1-8H3,(H,37,43)(H,38,39,44)/t25-,29-,36+/m0/s1. The molecule has 11 heteroatoms. The fraction of sp³-hybridized carbons (Fsp3) is 0.528. The molecule has 0 fully saturated rings. The maximum Gasteiger partial charge on any atom is 0.414 e. The Hall–Kier alpha value is -4.41. The molecule has 11 nitrogen and oxygen atoms in total. The van der Waals surface area contributed by atoms with Gasteiger partial charge in [0.2, 0.25) is 5.96 Å². The highest BCUT2D eigenvalue weighted by Crippen LogP contribution is 2.39. The number of nitrogens with zero attached hydrogens (tertiary/aromatic N) is 2. The first-order valence-electron chi connectivity index (χ1n) is 16.1. The molecule has 0 spiro atoms. The maximum absolute atomic E-state index is 14.2. The minimum absolute atomic E-state index is 0.0493. The second-order valence-electron chi connectivity index (χ2n) is 13.5. The molecule has 3 amide bonds. The van der Waals surface area contributed by atoms with E-state index in [0.717, 1.165) is 11.1 Å². The molecule has 3 rings (SSSR count). The Balaban J connectivity index is 1.74. The summed E-state index contributed by atoms with van der Waals surface area (Å²) in [5, 5.41) is 5.41. The number of hydrogen-bond donors (Lipinski definition) is 2. The highest BCUT2D eigenvalue weighted by atomic mass is 16.6. The molecule has 2 aromatic rings. The van der Waals surface area contributed by atoms with Crippen LogP contribution in [0, 0.1) is 11.8 Å². The zero-order chi connectivity index (χ0) is 34.8. The van der Waals surface area contributed by atoms with Crippen molar-refractivity contribution >= 4 is 29.8 Å². The van der Waals surface area contributed by atoms with E-state index in [1.165, 1.54) is 12.0 Å². The SMILES string of the molecule is COC(=O)N[C@@H](Cc1ccc(OC)cc1)C(=O)C[C@@H](C)CCCN1C(=O)[C@@](CC(C)C)(c2ccccc2)N=C1NC(=O)OC(C)(C)C. The van der Waals surface area contributed by atoms with Crippen LogP contribution in [0.5, 0.6) is 5.75 Å². The van der Waals surface area contributed by atoms with Crippen LogP contribution in [0.15, 0.2) is 59.6 Å². The summed E-state index contributed by atoms with van der Waals surface area (Å²) in [5.41, 5.74) is -0.295. The van der Waals surface area contributed by atoms with Gasteiger partial charge in [0.05, 0.1) is 20.3 Å². The fourth-order valence-corrected chi connectivity index (χ4v) is 5.68. The van der Waals surface area contributed by atoms with Crippen LogP contribution in [0.3, 0.4) is 0 Å². The number of methoxy groups -OCH3 is 2. The lowest BCUT2D eigenvalue weighted by Gasteiger charge is -2.28. The molecule has 256 valence electrons. The number of carbonyl (C=O) groups is 4. The minimum Gasteiger partial charge on any atom is -0.497 e. The van der Waals surface area contributed by atoms with E-state index in [2.05, 4.69) is 10.6 Å². The molecule has 1 heterocycles. The molecule has 2 aromatic carbocycles. The first-order valence-corrected chi connectivity index (χ1v) is 16.1. The monoisotopic (exact) mass is 650 g/mol. The molecule has 3 atom stereocenters. The van der Waals surface area contributed by atoms with Crippen LogP contribution in [-0.2, 0) is 31.0 Å². The normalized spacial score (nSPS) is 17.5. The summed E-state index contributed by atoms with van der Waals surface area (Å²) in [6.07, 6.45) is 0.782. The fourth-order valence-electron chi connectivity index (χ4n) is 5.68. The third-order valence-corrected chi connectivity index (χ3v) is 7.81. The van der Waals surface area contributed by atoms with Crippen LogP contribution in [-0.4, -0.2) is 67.1 Å². The van der Waals surface area contributed by atoms with E-state index < -0.39 is 29.4 Å². The van der Waals surface area contributed by atoms with Gasteiger partial charge < -0.3 is 19.5 Å². The van der Waals surface area contributed by atoms with Crippen molar-refractivity contribution in [3.8, 4) is 5.75 Å². The number of guanidine groups is 1. The van der Waals surface area contributed by atoms with Gasteiger partial charge in [0.15, 0.2) is 11.3 Å². The Bertz CT molecular complexity index is 1400. The van der Waals surface area contributed by atoms with Crippen molar-refractivity contribution in [1.29, 1.82) is 0 Å². The Morgan fingerprint density at radius 1 is 0.957 bits per heavy atom. The molecule has 0 aliphatic carbocycles. The lowest BCUT2D eigenvalue weighted by molar-refractivity contribution is -0.132. The van der Waals surface area contributed by atoms with Crippen molar-refractivity contribution < 1.29 is 33.4 Å². The largest absolute Gasteiger partial charge is 0.497 e. The van der Waals surface area contributed by atoms with Crippen molar-refractivity contribution in [3.63, 3.8) is 0 Å². The molecule has 0 unspecified atom stereocenters. The molecule has 0 aromatic heterocycles. The first-order chi connectivity index (χ1) is 22.2. The van der Waals surface area contributed by atoms with E-state index in [1.54, 1.807) is 40.0 Å². The number of amides is 3. The number of aliphatic imine (C=N–C) groups is 1. The summed E-state index contributed by atoms with van der Waals surface area (Å²) >= 11 is 0. The summed E-state index contributed by atoms with van der Waals surface area (Å²) in [4.78, 5) is 58.9. The molecule has 0 bridgehead atoms. The van der Waals surface area contributed by atoms with Gasteiger partial charge in [-0.25, -0.2) is 14.6 Å². The van der Waals surface area contributed by atoms with Crippen LogP contribution >= 0.6 is 0 Å². The molecular formula is C36H50N4O7. The summed E-state index contributed by atoms with van der Waals surface area (Å²) in [6.45, 7) is 11.6. The average Bonchev–Trinajstić information content (AvgIpc) is 3.26. The maximum atomic E-state index is 14.2. The van der Waals surface area contributed by atoms with Crippen molar-refractivity contribution in [2.75, 3.05) is 20.8 Å². The second-order valence-corrected chi connectivity index (χ2v) is 13.5. The Labute approximate surface area is 278 Å². The topological polar surface area (TPSA) is 136 Å². The zero-order valence-corrected chi connectivity index (χ0v) is 28.9. The number of benzene rings is 2. The Morgan fingerprint density at radius 2 is 1.62 bits per heavy atom. The summed E-state index contributed by atoms with van der Waals surface area (Å²) in [5.74, 6) is 0.605. The average molecular weight is 651 g/mol. The van der Waals surface area contributed by atoms with E-state index >= 15 is 0 Å². The second kappa shape index (κ2) is 16.4. The first kappa shape index (κ1) is 37.1. The van der Waals surface area contributed by atoms with Gasteiger partial charge in [-0.1, -0.05) is 63.2 Å². The van der Waals surface area contributed by atoms with Gasteiger partial charge >= 0.3 is 12.2 Å². The Kier molecular flexibility index (Phi) is 12.9. The van der Waals surface area contributed by atoms with Gasteiger partial charge in [0, 0.05) is 13.0 Å². The van der Waals surface area contributed by atoms with Gasteiger partial charge in [-0.2, -0.15) is 0 Å². The number of ketones is 1. The summed E-state index contributed by atoms with van der Waals surface area (Å²) in [7, 11) is 2.84. The van der Waals surface area contributed by atoms with E-state index in [-0.39, 0.29) is 42.5 Å². The highest BCUT2D eigenvalue weighted by Gasteiger charge is 2.50. The third kappa shape index (κ3) is 10.6. The number of rotatable bonds is 14. The number of ether oxygens (including phenoxy) is 3. The van der Waals surface area contributed by atoms with Crippen LogP contribution in [0.2, 0.25) is 0 Å². The summed E-state index contributed by atoms with van der Waals surface area (Å²) in [6, 6.07) is 16.0. The van der Waals surface area contributed by atoms with Crippen molar-refractivity contribution in [1.82, 2.24) is 15.5 Å². The van der Waals surface area contributed by atoms with Crippen LogP contribution < -0.4 is 15.4 Å². The van der Waals surface area contributed by atoms with Crippen LogP contribution in [0.1, 0.15) is 78.4 Å². The molecule has 1 aliphatic rings. The molecule has 1 aliphatic heterocycles. The van der Waals surface area contributed by atoms with Gasteiger partial charge in [0.25, 0.3) is 5.91 Å². The third-order valence-electron chi connectivity index (χ3n) is 7.81. The molecule has 47 heavy (non-hydrogen) atoms. The lowest BCUT2D eigenvalue weighted by Crippen LogP contribution is -2.47. The molecule has 0 saturated heterocycles. The van der Waals surface area contributed by atoms with Crippen molar-refractivity contribution in [2.24, 2.45) is 16.8 Å². The van der Waals surface area contributed by atoms with E-state index in [4.69, 9.17) is 19.2 Å². The predicted molar refractivity (Wildman–Crippen MR) is 180 cm³/mol. The predicted octanol–water partition coefficient (Wildman–Crippen LogP) is 6.00. The van der Waals surface area contributed by atoms with Crippen molar-refractivity contribution in [2.45, 2.75) is 90.8 Å². The summed E-state index contributed by atoms with van der Waals surface area (Å²) < 4.78 is 15.5. The number of Topliss-reactive ketones (excluding diaryl/α,β-unsaturated/α-hetero) is 1. The number of alkyl carbamates (subject to hydrolysis) is 2. The Morgan fingerprint density at radius 3 is 2.19 bits per heavy atom. The quantitative estimate of drug-likeness (QED) is 0.256.